The Hall–Kier alpha value is -2.60. The molecule has 0 amide bonds. The van der Waals surface area contributed by atoms with Crippen molar-refractivity contribution in [3.63, 3.8) is 0 Å². The molecule has 0 aromatic carbocycles. The smallest absolute Gasteiger partial charge is 0.348 e. The lowest BCUT2D eigenvalue weighted by Gasteiger charge is -1.96. The first-order chi connectivity index (χ1) is 9.75. The van der Waals surface area contributed by atoms with Crippen LogP contribution in [0, 0.1) is 0 Å². The fourth-order valence-corrected chi connectivity index (χ4v) is 2.68. The zero-order valence-corrected chi connectivity index (χ0v) is 11.0. The number of nitrogens with zero attached hydrogens (tertiary/aromatic N) is 3. The summed E-state index contributed by atoms with van der Waals surface area (Å²) in [6.07, 6.45) is 4.92. The van der Waals surface area contributed by atoms with E-state index in [0.29, 0.717) is 16.4 Å². The first-order valence-electron chi connectivity index (χ1n) is 5.81. The zero-order chi connectivity index (χ0) is 13.9. The van der Waals surface area contributed by atoms with Crippen molar-refractivity contribution < 1.29 is 9.90 Å². The van der Waals surface area contributed by atoms with Gasteiger partial charge >= 0.3 is 5.97 Å². The number of aromatic carboxylic acids is 1. The molecule has 0 radical (unpaired) electrons. The first kappa shape index (κ1) is 12.4. The van der Waals surface area contributed by atoms with Gasteiger partial charge in [-0.15, -0.1) is 11.3 Å². The number of carboxylic acids is 1. The van der Waals surface area contributed by atoms with Crippen LogP contribution in [0.3, 0.4) is 0 Å². The highest BCUT2D eigenvalue weighted by molar-refractivity contribution is 7.17. The van der Waals surface area contributed by atoms with E-state index >= 15 is 0 Å². The van der Waals surface area contributed by atoms with Gasteiger partial charge in [-0.3, -0.25) is 9.97 Å². The lowest BCUT2D eigenvalue weighted by molar-refractivity contribution is 0.0702. The van der Waals surface area contributed by atoms with Crippen molar-refractivity contribution in [2.45, 2.75) is 0 Å². The van der Waals surface area contributed by atoms with E-state index in [2.05, 4.69) is 15.0 Å². The molecule has 3 aromatic rings. The highest BCUT2D eigenvalue weighted by Crippen LogP contribution is 2.32. The molecule has 0 bridgehead atoms. The standard InChI is InChI=1S/C14H9N3O2S/c18-14(19)12-11(10-3-1-2-6-16-10)17-13(20-12)9-4-7-15-8-5-9/h1-8H,(H,18,19). The molecule has 0 aliphatic rings. The topological polar surface area (TPSA) is 76.0 Å². The summed E-state index contributed by atoms with van der Waals surface area (Å²) >= 11 is 1.14. The number of hydrogen-bond acceptors (Lipinski definition) is 5. The predicted octanol–water partition coefficient (Wildman–Crippen LogP) is 2.97. The van der Waals surface area contributed by atoms with Crippen LogP contribution < -0.4 is 0 Å². The van der Waals surface area contributed by atoms with Crippen LogP contribution in [0.4, 0.5) is 0 Å². The maximum Gasteiger partial charge on any atom is 0.348 e. The first-order valence-corrected chi connectivity index (χ1v) is 6.63. The predicted molar refractivity (Wildman–Crippen MR) is 75.5 cm³/mol. The molecule has 0 aliphatic carbocycles. The minimum Gasteiger partial charge on any atom is -0.477 e. The highest BCUT2D eigenvalue weighted by Gasteiger charge is 2.20. The van der Waals surface area contributed by atoms with Crippen LogP contribution in [0.2, 0.25) is 0 Å². The van der Waals surface area contributed by atoms with E-state index in [0.717, 1.165) is 16.9 Å². The molecule has 0 unspecified atom stereocenters. The second kappa shape index (κ2) is 5.18. The average molecular weight is 283 g/mol. The van der Waals surface area contributed by atoms with E-state index in [4.69, 9.17) is 0 Å². The molecule has 98 valence electrons. The van der Waals surface area contributed by atoms with Crippen molar-refractivity contribution in [1.82, 2.24) is 15.0 Å². The average Bonchev–Trinajstić information content (AvgIpc) is 2.94. The second-order valence-corrected chi connectivity index (χ2v) is 4.95. The summed E-state index contributed by atoms with van der Waals surface area (Å²) in [5, 5.41) is 9.96. The summed E-state index contributed by atoms with van der Waals surface area (Å²) in [7, 11) is 0. The van der Waals surface area contributed by atoms with Crippen molar-refractivity contribution in [2.24, 2.45) is 0 Å². The number of carbonyl (C=O) groups is 1. The molecule has 0 saturated heterocycles. The number of pyridine rings is 2. The molecule has 5 nitrogen and oxygen atoms in total. The number of rotatable bonds is 3. The van der Waals surface area contributed by atoms with Crippen molar-refractivity contribution in [3.05, 3.63) is 53.8 Å². The summed E-state index contributed by atoms with van der Waals surface area (Å²) in [4.78, 5) is 24.1. The monoisotopic (exact) mass is 283 g/mol. The Bertz CT molecular complexity index is 742. The maximum absolute atomic E-state index is 11.4. The SMILES string of the molecule is O=C(O)c1sc(-c2ccncc2)nc1-c1ccccn1. The van der Waals surface area contributed by atoms with Gasteiger partial charge in [-0.25, -0.2) is 9.78 Å². The summed E-state index contributed by atoms with van der Waals surface area (Å²) < 4.78 is 0. The zero-order valence-electron chi connectivity index (χ0n) is 10.2. The van der Waals surface area contributed by atoms with Crippen molar-refractivity contribution in [1.29, 1.82) is 0 Å². The summed E-state index contributed by atoms with van der Waals surface area (Å²) in [6, 6.07) is 8.93. The Balaban J connectivity index is 2.15. The van der Waals surface area contributed by atoms with Crippen LogP contribution >= 0.6 is 11.3 Å². The molecule has 20 heavy (non-hydrogen) atoms. The lowest BCUT2D eigenvalue weighted by Crippen LogP contribution is -1.96. The van der Waals surface area contributed by atoms with E-state index in [9.17, 15) is 9.90 Å². The molecular weight excluding hydrogens is 274 g/mol. The summed E-state index contributed by atoms with van der Waals surface area (Å²) in [5.41, 5.74) is 1.80. The van der Waals surface area contributed by atoms with Gasteiger partial charge in [0.25, 0.3) is 0 Å². The summed E-state index contributed by atoms with van der Waals surface area (Å²) in [5.74, 6) is -0.997. The molecule has 3 rings (SSSR count). The number of carboxylic acid groups (broad SMARTS) is 1. The molecule has 0 spiro atoms. The van der Waals surface area contributed by atoms with Crippen molar-refractivity contribution >= 4 is 17.3 Å². The van der Waals surface area contributed by atoms with Gasteiger partial charge in [0, 0.05) is 24.2 Å². The third-order valence-corrected chi connectivity index (χ3v) is 3.75. The molecule has 0 saturated carbocycles. The number of hydrogen-bond donors (Lipinski definition) is 1. The van der Waals surface area contributed by atoms with Gasteiger partial charge in [-0.05, 0) is 24.3 Å². The van der Waals surface area contributed by atoms with Crippen molar-refractivity contribution in [2.75, 3.05) is 0 Å². The van der Waals surface area contributed by atoms with E-state index in [-0.39, 0.29) is 4.88 Å². The number of aromatic nitrogens is 3. The number of thiazole rings is 1. The van der Waals surface area contributed by atoms with Gasteiger partial charge in [0.05, 0.1) is 5.69 Å². The molecule has 1 N–H and O–H groups in total. The van der Waals surface area contributed by atoms with Crippen LogP contribution in [0.15, 0.2) is 48.9 Å². The van der Waals surface area contributed by atoms with Crippen LogP contribution in [0.25, 0.3) is 22.0 Å². The van der Waals surface area contributed by atoms with Gasteiger partial charge < -0.3 is 5.11 Å². The van der Waals surface area contributed by atoms with Gasteiger partial charge in [-0.1, -0.05) is 6.07 Å². The fourth-order valence-electron chi connectivity index (χ4n) is 1.76. The van der Waals surface area contributed by atoms with Gasteiger partial charge in [-0.2, -0.15) is 0 Å². The molecular formula is C14H9N3O2S. The van der Waals surface area contributed by atoms with Gasteiger partial charge in [0.2, 0.25) is 0 Å². The summed E-state index contributed by atoms with van der Waals surface area (Å²) in [6.45, 7) is 0. The minimum absolute atomic E-state index is 0.190. The Morgan fingerprint density at radius 3 is 2.55 bits per heavy atom. The lowest BCUT2D eigenvalue weighted by atomic mass is 10.2. The van der Waals surface area contributed by atoms with E-state index in [1.807, 2.05) is 0 Å². The highest BCUT2D eigenvalue weighted by atomic mass is 32.1. The van der Waals surface area contributed by atoms with E-state index < -0.39 is 5.97 Å². The van der Waals surface area contributed by atoms with Gasteiger partial charge in [0.1, 0.15) is 15.6 Å². The Morgan fingerprint density at radius 1 is 1.10 bits per heavy atom. The van der Waals surface area contributed by atoms with E-state index in [1.54, 1.807) is 48.9 Å². The Morgan fingerprint density at radius 2 is 1.90 bits per heavy atom. The van der Waals surface area contributed by atoms with Crippen LogP contribution in [0.1, 0.15) is 9.67 Å². The molecule has 3 aromatic heterocycles. The molecule has 6 heteroatoms. The normalized spacial score (nSPS) is 10.4. The van der Waals surface area contributed by atoms with Crippen LogP contribution in [0.5, 0.6) is 0 Å². The van der Waals surface area contributed by atoms with E-state index in [1.165, 1.54) is 0 Å². The molecule has 0 atom stereocenters. The largest absolute Gasteiger partial charge is 0.477 e. The third-order valence-electron chi connectivity index (χ3n) is 2.66. The van der Waals surface area contributed by atoms with Crippen LogP contribution in [-0.4, -0.2) is 26.0 Å². The minimum atomic E-state index is -0.997. The quantitative estimate of drug-likeness (QED) is 0.799. The molecule has 3 heterocycles. The maximum atomic E-state index is 11.4. The Kier molecular flexibility index (Phi) is 3.22. The molecule has 0 fully saturated rings. The fraction of sp³-hybridized carbons (Fsp3) is 0. The van der Waals surface area contributed by atoms with Crippen LogP contribution in [-0.2, 0) is 0 Å². The molecule has 0 aliphatic heterocycles. The second-order valence-electron chi connectivity index (χ2n) is 3.95. The third kappa shape index (κ3) is 2.28. The van der Waals surface area contributed by atoms with Crippen molar-refractivity contribution in [3.8, 4) is 22.0 Å². The van der Waals surface area contributed by atoms with Gasteiger partial charge in [0.15, 0.2) is 0 Å². The Labute approximate surface area is 118 Å².